The van der Waals surface area contributed by atoms with Crippen LogP contribution in [0.25, 0.3) is 10.9 Å². The van der Waals surface area contributed by atoms with E-state index in [1.54, 1.807) is 12.1 Å². The average molecular weight is 284 g/mol. The van der Waals surface area contributed by atoms with E-state index in [2.05, 4.69) is 27.3 Å². The van der Waals surface area contributed by atoms with Gasteiger partial charge in [0, 0.05) is 55.8 Å². The Bertz CT molecular complexity index is 650. The number of benzene rings is 1. The predicted molar refractivity (Wildman–Crippen MR) is 83.3 cm³/mol. The second-order valence-electron chi connectivity index (χ2n) is 5.42. The second kappa shape index (κ2) is 6.20. The molecule has 21 heavy (non-hydrogen) atoms. The number of primary amides is 1. The highest BCUT2D eigenvalue weighted by atomic mass is 16.1. The number of aromatic nitrogens is 1. The monoisotopic (exact) mass is 284 g/mol. The summed E-state index contributed by atoms with van der Waals surface area (Å²) in [7, 11) is 0. The van der Waals surface area contributed by atoms with Gasteiger partial charge in [-0.25, -0.2) is 0 Å². The fourth-order valence-corrected chi connectivity index (χ4v) is 2.66. The highest BCUT2D eigenvalue weighted by Gasteiger charge is 2.10. The lowest BCUT2D eigenvalue weighted by atomic mass is 10.1. The van der Waals surface area contributed by atoms with E-state index in [0.29, 0.717) is 5.56 Å². The van der Waals surface area contributed by atoms with Crippen LogP contribution in [0.3, 0.4) is 0 Å². The van der Waals surface area contributed by atoms with Crippen molar-refractivity contribution >= 4 is 16.8 Å². The Morgan fingerprint density at radius 2 is 2.00 bits per heavy atom. The topological polar surface area (TPSA) is 71.2 Å². The minimum Gasteiger partial charge on any atom is -0.366 e. The average Bonchev–Trinajstić information content (AvgIpc) is 2.53. The third-order valence-electron chi connectivity index (χ3n) is 3.93. The standard InChI is InChI=1S/C16H20N4O/c17-16(21)13-2-1-12-3-4-14(19-15(12)11-13)5-8-20-9-6-18-7-10-20/h1-4,11,18H,5-10H2,(H2,17,21). The first-order valence-electron chi connectivity index (χ1n) is 7.35. The molecule has 110 valence electrons. The van der Waals surface area contributed by atoms with Gasteiger partial charge in [0.15, 0.2) is 0 Å². The van der Waals surface area contributed by atoms with Crippen molar-refractivity contribution in [3.63, 3.8) is 0 Å². The third kappa shape index (κ3) is 3.37. The Kier molecular flexibility index (Phi) is 4.13. The molecule has 0 unspecified atom stereocenters. The van der Waals surface area contributed by atoms with Gasteiger partial charge in [0.1, 0.15) is 0 Å². The number of rotatable bonds is 4. The maximum atomic E-state index is 11.2. The van der Waals surface area contributed by atoms with Crippen LogP contribution in [-0.2, 0) is 6.42 Å². The summed E-state index contributed by atoms with van der Waals surface area (Å²) < 4.78 is 0. The molecule has 1 aliphatic heterocycles. The van der Waals surface area contributed by atoms with Gasteiger partial charge in [-0.1, -0.05) is 12.1 Å². The summed E-state index contributed by atoms with van der Waals surface area (Å²) in [5.41, 5.74) is 7.72. The summed E-state index contributed by atoms with van der Waals surface area (Å²) in [6, 6.07) is 9.52. The molecular formula is C16H20N4O. The highest BCUT2D eigenvalue weighted by molar-refractivity contribution is 5.96. The Hall–Kier alpha value is -1.98. The van der Waals surface area contributed by atoms with Crippen molar-refractivity contribution in [2.45, 2.75) is 6.42 Å². The Morgan fingerprint density at radius 1 is 1.24 bits per heavy atom. The molecule has 5 nitrogen and oxygen atoms in total. The quantitative estimate of drug-likeness (QED) is 0.870. The van der Waals surface area contributed by atoms with Crippen molar-refractivity contribution in [2.75, 3.05) is 32.7 Å². The van der Waals surface area contributed by atoms with E-state index >= 15 is 0 Å². The predicted octanol–water partition coefficient (Wildman–Crippen LogP) is 0.781. The number of nitrogens with zero attached hydrogens (tertiary/aromatic N) is 2. The molecule has 1 aromatic heterocycles. The number of hydrogen-bond donors (Lipinski definition) is 2. The number of piperazine rings is 1. The second-order valence-corrected chi connectivity index (χ2v) is 5.42. The number of nitrogens with two attached hydrogens (primary N) is 1. The number of carbonyl (C=O) groups is 1. The molecule has 1 aromatic carbocycles. The van der Waals surface area contributed by atoms with E-state index in [1.165, 1.54) is 0 Å². The molecule has 5 heteroatoms. The van der Waals surface area contributed by atoms with Crippen LogP contribution in [0, 0.1) is 0 Å². The number of carbonyl (C=O) groups excluding carboxylic acids is 1. The van der Waals surface area contributed by atoms with Gasteiger partial charge < -0.3 is 16.0 Å². The zero-order valence-corrected chi connectivity index (χ0v) is 12.0. The Labute approximate surface area is 124 Å². The smallest absolute Gasteiger partial charge is 0.248 e. The third-order valence-corrected chi connectivity index (χ3v) is 3.93. The van der Waals surface area contributed by atoms with Crippen molar-refractivity contribution in [3.05, 3.63) is 41.6 Å². The van der Waals surface area contributed by atoms with Gasteiger partial charge in [0.25, 0.3) is 0 Å². The molecule has 0 saturated carbocycles. The number of amides is 1. The summed E-state index contributed by atoms with van der Waals surface area (Å²) in [5.74, 6) is -0.412. The molecule has 1 fully saturated rings. The summed E-state index contributed by atoms with van der Waals surface area (Å²) in [5, 5.41) is 4.39. The molecule has 3 rings (SSSR count). The van der Waals surface area contributed by atoms with Crippen molar-refractivity contribution in [2.24, 2.45) is 5.73 Å². The first kappa shape index (κ1) is 14.0. The van der Waals surface area contributed by atoms with Gasteiger partial charge in [0.05, 0.1) is 5.52 Å². The maximum absolute atomic E-state index is 11.2. The van der Waals surface area contributed by atoms with Crippen LogP contribution in [0.5, 0.6) is 0 Å². The van der Waals surface area contributed by atoms with Crippen LogP contribution < -0.4 is 11.1 Å². The van der Waals surface area contributed by atoms with Gasteiger partial charge >= 0.3 is 0 Å². The van der Waals surface area contributed by atoms with E-state index in [4.69, 9.17) is 5.73 Å². The van der Waals surface area contributed by atoms with Crippen LogP contribution in [0.1, 0.15) is 16.1 Å². The molecule has 0 atom stereocenters. The Morgan fingerprint density at radius 3 is 2.76 bits per heavy atom. The molecule has 2 heterocycles. The molecule has 3 N–H and O–H groups in total. The van der Waals surface area contributed by atoms with Gasteiger partial charge in [-0.15, -0.1) is 0 Å². The number of fused-ring (bicyclic) bond motifs is 1. The Balaban J connectivity index is 1.74. The summed E-state index contributed by atoms with van der Waals surface area (Å²) in [4.78, 5) is 18.3. The normalized spacial score (nSPS) is 16.2. The largest absolute Gasteiger partial charge is 0.366 e. The summed E-state index contributed by atoms with van der Waals surface area (Å²) >= 11 is 0. The number of pyridine rings is 1. The SMILES string of the molecule is NC(=O)c1ccc2ccc(CCN3CCNCC3)nc2c1. The van der Waals surface area contributed by atoms with E-state index in [0.717, 1.165) is 55.7 Å². The van der Waals surface area contributed by atoms with Crippen LogP contribution >= 0.6 is 0 Å². The molecule has 0 spiro atoms. The first-order valence-corrected chi connectivity index (χ1v) is 7.35. The van der Waals surface area contributed by atoms with Crippen molar-refractivity contribution in [1.82, 2.24) is 15.2 Å². The van der Waals surface area contributed by atoms with Gasteiger partial charge in [-0.05, 0) is 18.2 Å². The first-order chi connectivity index (χ1) is 10.2. The maximum Gasteiger partial charge on any atom is 0.248 e. The van der Waals surface area contributed by atoms with Gasteiger partial charge in [-0.3, -0.25) is 9.78 Å². The minimum atomic E-state index is -0.412. The molecule has 0 bridgehead atoms. The highest BCUT2D eigenvalue weighted by Crippen LogP contribution is 2.15. The lowest BCUT2D eigenvalue weighted by molar-refractivity contribution is 0.100. The van der Waals surface area contributed by atoms with Crippen LogP contribution in [-0.4, -0.2) is 48.5 Å². The molecule has 0 aliphatic carbocycles. The van der Waals surface area contributed by atoms with E-state index < -0.39 is 5.91 Å². The summed E-state index contributed by atoms with van der Waals surface area (Å²) in [6.07, 6.45) is 0.927. The molecule has 2 aromatic rings. The zero-order chi connectivity index (χ0) is 14.7. The minimum absolute atomic E-state index is 0.412. The lowest BCUT2D eigenvalue weighted by Gasteiger charge is -2.26. The fourth-order valence-electron chi connectivity index (χ4n) is 2.66. The van der Waals surface area contributed by atoms with E-state index in [-0.39, 0.29) is 0 Å². The molecule has 1 amide bonds. The van der Waals surface area contributed by atoms with Crippen molar-refractivity contribution in [3.8, 4) is 0 Å². The van der Waals surface area contributed by atoms with E-state index in [1.807, 2.05) is 6.07 Å². The molecular weight excluding hydrogens is 264 g/mol. The van der Waals surface area contributed by atoms with Crippen molar-refractivity contribution in [1.29, 1.82) is 0 Å². The van der Waals surface area contributed by atoms with Crippen molar-refractivity contribution < 1.29 is 4.79 Å². The zero-order valence-electron chi connectivity index (χ0n) is 12.0. The number of hydrogen-bond acceptors (Lipinski definition) is 4. The lowest BCUT2D eigenvalue weighted by Crippen LogP contribution is -2.44. The molecule has 0 radical (unpaired) electrons. The van der Waals surface area contributed by atoms with Crippen LogP contribution in [0.4, 0.5) is 0 Å². The summed E-state index contributed by atoms with van der Waals surface area (Å²) in [6.45, 7) is 5.34. The fraction of sp³-hybridized carbons (Fsp3) is 0.375. The molecule has 1 aliphatic rings. The van der Waals surface area contributed by atoms with Gasteiger partial charge in [0.2, 0.25) is 5.91 Å². The van der Waals surface area contributed by atoms with Gasteiger partial charge in [-0.2, -0.15) is 0 Å². The number of nitrogens with one attached hydrogen (secondary N) is 1. The molecule has 1 saturated heterocycles. The van der Waals surface area contributed by atoms with E-state index in [9.17, 15) is 4.79 Å². The van der Waals surface area contributed by atoms with Crippen LogP contribution in [0.2, 0.25) is 0 Å². The van der Waals surface area contributed by atoms with Crippen LogP contribution in [0.15, 0.2) is 30.3 Å².